The molecule has 58 valence electrons. The minimum atomic E-state index is 0.344. The van der Waals surface area contributed by atoms with Crippen LogP contribution in [0.4, 0.5) is 0 Å². The lowest BCUT2D eigenvalue weighted by atomic mass is 9.85. The van der Waals surface area contributed by atoms with Gasteiger partial charge in [0.15, 0.2) is 0 Å². The zero-order chi connectivity index (χ0) is 7.56. The van der Waals surface area contributed by atoms with Gasteiger partial charge in [-0.2, -0.15) is 0 Å². The van der Waals surface area contributed by atoms with Crippen molar-refractivity contribution >= 4 is 0 Å². The van der Waals surface area contributed by atoms with Gasteiger partial charge in [-0.15, -0.1) is 0 Å². The van der Waals surface area contributed by atoms with Crippen molar-refractivity contribution in [1.29, 1.82) is 0 Å². The van der Waals surface area contributed by atoms with Crippen LogP contribution in [0.3, 0.4) is 0 Å². The fourth-order valence-electron chi connectivity index (χ4n) is 1.61. The molecule has 0 bridgehead atoms. The molecule has 0 N–H and O–H groups in total. The summed E-state index contributed by atoms with van der Waals surface area (Å²) in [5, 5.41) is 0. The van der Waals surface area contributed by atoms with Gasteiger partial charge < -0.3 is 4.74 Å². The highest BCUT2D eigenvalue weighted by atomic mass is 16.5. The third-order valence-corrected chi connectivity index (χ3v) is 2.27. The molecule has 0 aromatic carbocycles. The molecular formula is C9H16O. The molecule has 1 rings (SSSR count). The summed E-state index contributed by atoms with van der Waals surface area (Å²) in [4.78, 5) is 0. The van der Waals surface area contributed by atoms with E-state index in [4.69, 9.17) is 4.74 Å². The summed E-state index contributed by atoms with van der Waals surface area (Å²) in [6, 6.07) is 0. The smallest absolute Gasteiger partial charge is 0.0778 e. The fourth-order valence-corrected chi connectivity index (χ4v) is 1.61. The van der Waals surface area contributed by atoms with E-state index >= 15 is 0 Å². The van der Waals surface area contributed by atoms with Crippen LogP contribution in [0.2, 0.25) is 0 Å². The van der Waals surface area contributed by atoms with E-state index in [1.54, 1.807) is 7.11 Å². The van der Waals surface area contributed by atoms with Gasteiger partial charge in [0.25, 0.3) is 0 Å². The lowest BCUT2D eigenvalue weighted by molar-refractivity contribution is 0.100. The molecule has 0 spiro atoms. The van der Waals surface area contributed by atoms with Crippen molar-refractivity contribution in [3.8, 4) is 0 Å². The maximum absolute atomic E-state index is 5.25. The van der Waals surface area contributed by atoms with E-state index < -0.39 is 0 Å². The first kappa shape index (κ1) is 7.80. The Balaban J connectivity index is 2.43. The molecule has 1 saturated carbocycles. The van der Waals surface area contributed by atoms with Gasteiger partial charge in [0, 0.05) is 7.11 Å². The van der Waals surface area contributed by atoms with E-state index in [1.165, 1.54) is 12.0 Å². The Labute approximate surface area is 63.1 Å². The third kappa shape index (κ3) is 1.60. The second kappa shape index (κ2) is 3.20. The molecule has 1 aliphatic carbocycles. The van der Waals surface area contributed by atoms with Gasteiger partial charge in [0.05, 0.1) is 6.10 Å². The Hall–Kier alpha value is -0.300. The predicted molar refractivity (Wildman–Crippen MR) is 43.0 cm³/mol. The van der Waals surface area contributed by atoms with Gasteiger partial charge >= 0.3 is 0 Å². The molecule has 1 nitrogen and oxygen atoms in total. The highest BCUT2D eigenvalue weighted by molar-refractivity contribution is 5.06. The van der Waals surface area contributed by atoms with Crippen LogP contribution in [-0.4, -0.2) is 13.2 Å². The quantitative estimate of drug-likeness (QED) is 0.508. The molecule has 2 unspecified atom stereocenters. The lowest BCUT2D eigenvalue weighted by Crippen LogP contribution is -2.21. The van der Waals surface area contributed by atoms with Crippen molar-refractivity contribution in [2.45, 2.75) is 32.3 Å². The summed E-state index contributed by atoms with van der Waals surface area (Å²) in [5.74, 6) is 0.818. The summed E-state index contributed by atoms with van der Waals surface area (Å²) >= 11 is 0. The van der Waals surface area contributed by atoms with Gasteiger partial charge in [-0.3, -0.25) is 0 Å². The Bertz CT molecular complexity index is 129. The molecule has 2 atom stereocenters. The van der Waals surface area contributed by atoms with E-state index in [0.717, 1.165) is 18.8 Å². The molecule has 1 aliphatic rings. The predicted octanol–water partition coefficient (Wildman–Crippen LogP) is 2.38. The molecule has 1 heteroatoms. The molecule has 1 fully saturated rings. The van der Waals surface area contributed by atoms with Gasteiger partial charge in [-0.1, -0.05) is 13.5 Å². The number of ether oxygens (including phenoxy) is 1. The van der Waals surface area contributed by atoms with Crippen LogP contribution in [0.25, 0.3) is 0 Å². The minimum absolute atomic E-state index is 0.344. The van der Waals surface area contributed by atoms with Crippen LogP contribution < -0.4 is 0 Å². The van der Waals surface area contributed by atoms with Crippen molar-refractivity contribution in [3.63, 3.8) is 0 Å². The monoisotopic (exact) mass is 140 g/mol. The van der Waals surface area contributed by atoms with E-state index in [-0.39, 0.29) is 0 Å². The second-order valence-electron chi connectivity index (χ2n) is 3.27. The molecule has 0 heterocycles. The molecule has 0 radical (unpaired) electrons. The van der Waals surface area contributed by atoms with Crippen LogP contribution in [0.5, 0.6) is 0 Å². The Morgan fingerprint density at radius 3 is 2.70 bits per heavy atom. The van der Waals surface area contributed by atoms with E-state index in [9.17, 15) is 0 Å². The zero-order valence-electron chi connectivity index (χ0n) is 6.89. The summed E-state index contributed by atoms with van der Waals surface area (Å²) in [6.07, 6.45) is 3.95. The topological polar surface area (TPSA) is 9.23 Å². The van der Waals surface area contributed by atoms with Crippen molar-refractivity contribution < 1.29 is 4.74 Å². The molecule has 0 aromatic heterocycles. The van der Waals surface area contributed by atoms with Crippen molar-refractivity contribution in [3.05, 3.63) is 12.2 Å². The van der Waals surface area contributed by atoms with Crippen LogP contribution in [0.1, 0.15) is 26.2 Å². The van der Waals surface area contributed by atoms with Gasteiger partial charge in [-0.05, 0) is 30.8 Å². The summed E-state index contributed by atoms with van der Waals surface area (Å²) in [7, 11) is 1.77. The molecular weight excluding hydrogens is 124 g/mol. The summed E-state index contributed by atoms with van der Waals surface area (Å²) in [6.45, 7) is 6.27. The second-order valence-corrected chi connectivity index (χ2v) is 3.27. The largest absolute Gasteiger partial charge is 0.377 e. The van der Waals surface area contributed by atoms with Crippen molar-refractivity contribution in [2.24, 2.45) is 5.92 Å². The molecule has 0 aromatic rings. The third-order valence-electron chi connectivity index (χ3n) is 2.27. The lowest BCUT2D eigenvalue weighted by Gasteiger charge is -2.27. The van der Waals surface area contributed by atoms with Crippen LogP contribution >= 0.6 is 0 Å². The minimum Gasteiger partial charge on any atom is -0.377 e. The maximum Gasteiger partial charge on any atom is 0.0778 e. The Morgan fingerprint density at radius 2 is 2.20 bits per heavy atom. The molecule has 0 saturated heterocycles. The number of methoxy groups -OCH3 is 1. The SMILES string of the molecule is C=C1CC(C)CCC1OC. The van der Waals surface area contributed by atoms with Crippen LogP contribution in [0.15, 0.2) is 12.2 Å². The fraction of sp³-hybridized carbons (Fsp3) is 0.778. The van der Waals surface area contributed by atoms with Gasteiger partial charge in [-0.25, -0.2) is 0 Å². The zero-order valence-corrected chi connectivity index (χ0v) is 6.89. The first-order chi connectivity index (χ1) is 4.74. The average Bonchev–Trinajstić information content (AvgIpc) is 1.88. The van der Waals surface area contributed by atoms with Crippen LogP contribution in [0, 0.1) is 5.92 Å². The van der Waals surface area contributed by atoms with Crippen molar-refractivity contribution in [2.75, 3.05) is 7.11 Å². The summed E-state index contributed by atoms with van der Waals surface area (Å²) in [5.41, 5.74) is 1.28. The number of hydrogen-bond donors (Lipinski definition) is 0. The summed E-state index contributed by atoms with van der Waals surface area (Å²) < 4.78 is 5.25. The average molecular weight is 140 g/mol. The van der Waals surface area contributed by atoms with Crippen LogP contribution in [-0.2, 0) is 4.74 Å². The highest BCUT2D eigenvalue weighted by Crippen LogP contribution is 2.28. The number of rotatable bonds is 1. The normalized spacial score (nSPS) is 34.4. The highest BCUT2D eigenvalue weighted by Gasteiger charge is 2.20. The van der Waals surface area contributed by atoms with E-state index in [2.05, 4.69) is 13.5 Å². The van der Waals surface area contributed by atoms with E-state index in [1.807, 2.05) is 0 Å². The number of hydrogen-bond acceptors (Lipinski definition) is 1. The van der Waals surface area contributed by atoms with Crippen molar-refractivity contribution in [1.82, 2.24) is 0 Å². The maximum atomic E-state index is 5.25. The molecule has 10 heavy (non-hydrogen) atoms. The first-order valence-electron chi connectivity index (χ1n) is 3.94. The van der Waals surface area contributed by atoms with E-state index in [0.29, 0.717) is 6.10 Å². The Kier molecular flexibility index (Phi) is 2.50. The standard InChI is InChI=1S/C9H16O/c1-7-4-5-9(10-3)8(2)6-7/h7,9H,2,4-6H2,1,3H3. The van der Waals surface area contributed by atoms with Gasteiger partial charge in [0.1, 0.15) is 0 Å². The molecule has 0 aliphatic heterocycles. The Morgan fingerprint density at radius 1 is 1.50 bits per heavy atom. The molecule has 0 amide bonds. The van der Waals surface area contributed by atoms with Gasteiger partial charge in [0.2, 0.25) is 0 Å². The first-order valence-corrected chi connectivity index (χ1v) is 3.94.